The maximum atomic E-state index is 13.8. The lowest BCUT2D eigenvalue weighted by molar-refractivity contribution is -0.844. The molecule has 2 aromatic rings. The minimum Gasteiger partial charge on any atom is -0.489 e. The van der Waals surface area contributed by atoms with E-state index in [0.29, 0.717) is 51.3 Å². The zero-order chi connectivity index (χ0) is 27.7. The highest BCUT2D eigenvalue weighted by atomic mass is 16.5. The third-order valence-electron chi connectivity index (χ3n) is 8.23. The van der Waals surface area contributed by atoms with E-state index in [1.807, 2.05) is 57.2 Å². The van der Waals surface area contributed by atoms with Crippen LogP contribution in [0.15, 0.2) is 36.4 Å². The molecule has 0 bridgehead atoms. The molecule has 2 saturated heterocycles. The number of nitrogens with zero attached hydrogens (tertiary/aromatic N) is 3. The van der Waals surface area contributed by atoms with Gasteiger partial charge in [0, 0.05) is 30.8 Å². The fraction of sp³-hybridized carbons (Fsp3) is 0.500. The zero-order valence-corrected chi connectivity index (χ0v) is 22.4. The van der Waals surface area contributed by atoms with Gasteiger partial charge in [-0.3, -0.25) is 19.8 Å². The highest BCUT2D eigenvalue weighted by molar-refractivity contribution is 5.94. The van der Waals surface area contributed by atoms with Crippen molar-refractivity contribution < 1.29 is 33.9 Å². The van der Waals surface area contributed by atoms with Crippen LogP contribution >= 0.6 is 0 Å². The van der Waals surface area contributed by atoms with Crippen LogP contribution in [0.4, 0.5) is 4.79 Å². The van der Waals surface area contributed by atoms with Crippen molar-refractivity contribution in [2.75, 3.05) is 26.7 Å². The molecule has 0 saturated carbocycles. The molecule has 2 aliphatic heterocycles. The number of hydroxylamine groups is 1. The number of carboxylic acid groups (broad SMARTS) is 1. The smallest absolute Gasteiger partial charge is 0.489 e. The molecular weight excluding hydrogens is 488 g/mol. The van der Waals surface area contributed by atoms with Crippen LogP contribution in [0.3, 0.4) is 0 Å². The lowest BCUT2D eigenvalue weighted by Gasteiger charge is -2.40. The Kier molecular flexibility index (Phi) is 7.75. The number of piperidine rings is 1. The number of aryl methyl sites for hydroxylation is 2. The summed E-state index contributed by atoms with van der Waals surface area (Å²) in [6.07, 6.45) is 0.537. The van der Waals surface area contributed by atoms with E-state index in [-0.39, 0.29) is 16.3 Å². The lowest BCUT2D eigenvalue weighted by atomic mass is 9.80. The number of amides is 3. The summed E-state index contributed by atoms with van der Waals surface area (Å²) in [7, 11) is 1.66. The van der Waals surface area contributed by atoms with Crippen molar-refractivity contribution in [2.24, 2.45) is 5.92 Å². The molecule has 0 aliphatic carbocycles. The quantitative estimate of drug-likeness (QED) is 0.288. The Hall–Kier alpha value is -3.50. The third kappa shape index (κ3) is 5.37. The number of nitrogens with one attached hydrogen (secondary N) is 1. The van der Waals surface area contributed by atoms with Crippen LogP contribution in [-0.2, 0) is 21.6 Å². The highest BCUT2D eigenvalue weighted by Gasteiger charge is 2.51. The van der Waals surface area contributed by atoms with Crippen molar-refractivity contribution in [3.05, 3.63) is 58.9 Å². The van der Waals surface area contributed by atoms with Gasteiger partial charge in [0.05, 0.1) is 25.6 Å². The van der Waals surface area contributed by atoms with Gasteiger partial charge in [0.1, 0.15) is 18.4 Å². The Morgan fingerprint density at radius 2 is 1.79 bits per heavy atom. The number of rotatable bonds is 7. The molecular formula is C28H37N4O6+. The number of benzene rings is 1. The van der Waals surface area contributed by atoms with E-state index in [9.17, 15) is 24.7 Å². The monoisotopic (exact) mass is 525 g/mol. The van der Waals surface area contributed by atoms with E-state index in [2.05, 4.69) is 4.98 Å². The molecule has 1 aromatic heterocycles. The number of hydrogen-bond acceptors (Lipinski definition) is 6. The predicted octanol–water partition coefficient (Wildman–Crippen LogP) is 3.18. The van der Waals surface area contributed by atoms with Crippen molar-refractivity contribution >= 4 is 17.9 Å². The first kappa shape index (κ1) is 27.5. The SMILES string of the molecule is Cc1cc(COc2ccc(C3(C)CCN(C(C(=O)NO)C4CC[N+](C)(C(=O)O)CC4)C3=O)cc2)cc(C)n1. The van der Waals surface area contributed by atoms with Crippen LogP contribution in [0, 0.1) is 19.8 Å². The molecule has 204 valence electrons. The Bertz CT molecular complexity index is 1190. The number of hydrogen-bond donors (Lipinski definition) is 3. The van der Waals surface area contributed by atoms with E-state index < -0.39 is 23.5 Å². The molecule has 10 nitrogen and oxygen atoms in total. The Balaban J connectivity index is 1.46. The van der Waals surface area contributed by atoms with E-state index in [0.717, 1.165) is 22.5 Å². The van der Waals surface area contributed by atoms with Crippen LogP contribution in [0.5, 0.6) is 5.75 Å². The molecule has 0 radical (unpaired) electrons. The maximum Gasteiger partial charge on any atom is 0.513 e. The third-order valence-corrected chi connectivity index (χ3v) is 8.23. The summed E-state index contributed by atoms with van der Waals surface area (Å²) in [6.45, 7) is 7.26. The summed E-state index contributed by atoms with van der Waals surface area (Å²) in [5.41, 5.74) is 4.65. The molecule has 0 spiro atoms. The standard InChI is InChI=1S/C28H36N4O6/c1-18-15-20(16-19(2)29-18)17-38-23-7-5-22(6-8-23)28(3)11-12-31(26(28)34)24(25(33)30-37)21-9-13-32(4,14-10-21)27(35)36/h5-8,15-16,21,24H,9-14,17H2,1-4H3,(H2-,30,33,35,36,37)/p+1. The summed E-state index contributed by atoms with van der Waals surface area (Å²) < 4.78 is 5.83. The molecule has 38 heavy (non-hydrogen) atoms. The number of carbonyl (C=O) groups is 3. The minimum absolute atomic E-state index is 0.121. The number of carbonyl (C=O) groups excluding carboxylic acids is 2. The minimum atomic E-state index is -0.908. The molecule has 2 fully saturated rings. The molecule has 3 heterocycles. The number of aromatic nitrogens is 1. The first-order valence-corrected chi connectivity index (χ1v) is 13.0. The van der Waals surface area contributed by atoms with Crippen molar-refractivity contribution in [3.8, 4) is 5.75 Å². The van der Waals surface area contributed by atoms with Crippen LogP contribution in [0.25, 0.3) is 0 Å². The van der Waals surface area contributed by atoms with E-state index in [4.69, 9.17) is 4.74 Å². The summed E-state index contributed by atoms with van der Waals surface area (Å²) >= 11 is 0. The molecule has 3 N–H and O–H groups in total. The van der Waals surface area contributed by atoms with Crippen LogP contribution in [-0.4, -0.2) is 75.3 Å². The Morgan fingerprint density at radius 3 is 2.34 bits per heavy atom. The highest BCUT2D eigenvalue weighted by Crippen LogP contribution is 2.39. The molecule has 4 rings (SSSR count). The van der Waals surface area contributed by atoms with Gasteiger partial charge < -0.3 is 14.7 Å². The number of ether oxygens (including phenoxy) is 1. The normalized spacial score (nSPS) is 26.2. The average molecular weight is 526 g/mol. The summed E-state index contributed by atoms with van der Waals surface area (Å²) in [5.74, 6) is -0.366. The second kappa shape index (κ2) is 10.7. The molecule has 2 unspecified atom stereocenters. The first-order valence-electron chi connectivity index (χ1n) is 13.0. The lowest BCUT2D eigenvalue weighted by Crippen LogP contribution is -2.59. The first-order chi connectivity index (χ1) is 18.0. The average Bonchev–Trinajstić information content (AvgIpc) is 3.18. The molecule has 2 aliphatic rings. The van der Waals surface area contributed by atoms with Crippen LogP contribution in [0.1, 0.15) is 48.7 Å². The molecule has 3 amide bonds. The fourth-order valence-corrected chi connectivity index (χ4v) is 5.83. The van der Waals surface area contributed by atoms with Crippen LogP contribution in [0.2, 0.25) is 0 Å². The van der Waals surface area contributed by atoms with Crippen molar-refractivity contribution in [3.63, 3.8) is 0 Å². The second-order valence-electron chi connectivity index (χ2n) is 11.0. The molecule has 2 atom stereocenters. The van der Waals surface area contributed by atoms with Gasteiger partial charge in [0.2, 0.25) is 5.91 Å². The van der Waals surface area contributed by atoms with E-state index >= 15 is 0 Å². The predicted molar refractivity (Wildman–Crippen MR) is 139 cm³/mol. The maximum absolute atomic E-state index is 13.8. The Morgan fingerprint density at radius 1 is 1.18 bits per heavy atom. The van der Waals surface area contributed by atoms with Crippen molar-refractivity contribution in [2.45, 2.75) is 58.1 Å². The van der Waals surface area contributed by atoms with Gasteiger partial charge in [-0.2, -0.15) is 4.79 Å². The van der Waals surface area contributed by atoms with Gasteiger partial charge in [-0.1, -0.05) is 12.1 Å². The van der Waals surface area contributed by atoms with Crippen LogP contribution < -0.4 is 10.2 Å². The Labute approximate surface area is 222 Å². The number of quaternary nitrogens is 1. The number of pyridine rings is 1. The van der Waals surface area contributed by atoms with Gasteiger partial charge in [-0.15, -0.1) is 0 Å². The van der Waals surface area contributed by atoms with Gasteiger partial charge in [-0.25, -0.2) is 9.96 Å². The summed E-state index contributed by atoms with van der Waals surface area (Å²) in [5, 5.41) is 19.0. The molecule has 1 aromatic carbocycles. The van der Waals surface area contributed by atoms with Gasteiger partial charge >= 0.3 is 6.09 Å². The molecule has 10 heteroatoms. The summed E-state index contributed by atoms with van der Waals surface area (Å²) in [6, 6.07) is 10.6. The van der Waals surface area contributed by atoms with Gasteiger partial charge in [0.25, 0.3) is 5.91 Å². The zero-order valence-electron chi connectivity index (χ0n) is 22.4. The number of likely N-dealkylation sites (tertiary alicyclic amines) is 2. The van der Waals surface area contributed by atoms with E-state index in [1.165, 1.54) is 0 Å². The fourth-order valence-electron chi connectivity index (χ4n) is 5.83. The van der Waals surface area contributed by atoms with Crippen molar-refractivity contribution in [1.82, 2.24) is 15.4 Å². The van der Waals surface area contributed by atoms with Gasteiger partial charge in [0.15, 0.2) is 0 Å². The van der Waals surface area contributed by atoms with Crippen molar-refractivity contribution in [1.29, 1.82) is 0 Å². The second-order valence-corrected chi connectivity index (χ2v) is 11.0. The summed E-state index contributed by atoms with van der Waals surface area (Å²) in [4.78, 5) is 44.1. The topological polar surface area (TPSA) is 129 Å². The largest absolute Gasteiger partial charge is 0.513 e. The van der Waals surface area contributed by atoms with E-state index in [1.54, 1.807) is 17.4 Å². The van der Waals surface area contributed by atoms with Gasteiger partial charge in [-0.05, 0) is 68.5 Å².